The fourth-order valence-corrected chi connectivity index (χ4v) is 12.3. The summed E-state index contributed by atoms with van der Waals surface area (Å²) < 4.78 is 2.51. The van der Waals surface area contributed by atoms with Gasteiger partial charge in [0.1, 0.15) is 0 Å². The highest BCUT2D eigenvalue weighted by atomic mass is 15.1. The molecule has 1 aromatic heterocycles. The number of hydrogen-bond donors (Lipinski definition) is 0. The Kier molecular flexibility index (Phi) is 10.0. The van der Waals surface area contributed by atoms with Crippen LogP contribution in [-0.4, -0.2) is 4.57 Å². The van der Waals surface area contributed by atoms with E-state index in [0.29, 0.717) is 0 Å². The van der Waals surface area contributed by atoms with Crippen LogP contribution in [0, 0.1) is 0 Å². The molecule has 0 saturated heterocycles. The number of rotatable bonds is 8. The first-order chi connectivity index (χ1) is 36.0. The topological polar surface area (TPSA) is 8.17 Å². The zero-order valence-electron chi connectivity index (χ0n) is 41.1. The van der Waals surface area contributed by atoms with Gasteiger partial charge >= 0.3 is 0 Å². The van der Waals surface area contributed by atoms with Crippen molar-refractivity contribution in [2.75, 3.05) is 4.90 Å². The molecule has 0 unspecified atom stereocenters. The molecule has 0 aliphatic heterocycles. The Bertz CT molecular complexity index is 4150. The second kappa shape index (κ2) is 17.1. The Balaban J connectivity index is 0.860. The van der Waals surface area contributed by atoms with Gasteiger partial charge in [-0.15, -0.1) is 0 Å². The first kappa shape index (κ1) is 42.9. The van der Waals surface area contributed by atoms with E-state index in [0.717, 1.165) is 24.2 Å². The van der Waals surface area contributed by atoms with Crippen LogP contribution in [-0.2, 0) is 11.8 Å². The third-order valence-corrected chi connectivity index (χ3v) is 15.8. The highest BCUT2D eigenvalue weighted by Gasteiger charge is 2.37. The Morgan fingerprint density at radius 3 is 1.79 bits per heavy atom. The van der Waals surface area contributed by atoms with Gasteiger partial charge in [0.15, 0.2) is 0 Å². The lowest BCUT2D eigenvalue weighted by atomic mass is 9.82. The van der Waals surface area contributed by atoms with Crippen molar-refractivity contribution in [1.29, 1.82) is 0 Å². The van der Waals surface area contributed by atoms with Gasteiger partial charge in [-0.2, -0.15) is 0 Å². The Morgan fingerprint density at radius 1 is 0.425 bits per heavy atom. The molecule has 346 valence electrons. The average molecular weight is 933 g/mol. The summed E-state index contributed by atoms with van der Waals surface area (Å²) in [6.07, 6.45) is 6.72. The molecule has 0 spiro atoms. The van der Waals surface area contributed by atoms with Crippen LogP contribution < -0.4 is 4.90 Å². The van der Waals surface area contributed by atoms with E-state index in [1.165, 1.54) is 122 Å². The molecular weight excluding hydrogens is 881 g/mol. The molecule has 0 N–H and O–H groups in total. The van der Waals surface area contributed by atoms with E-state index in [-0.39, 0.29) is 5.41 Å². The van der Waals surface area contributed by atoms with E-state index in [1.807, 2.05) is 0 Å². The molecule has 2 aliphatic rings. The van der Waals surface area contributed by atoms with Crippen LogP contribution in [0.25, 0.3) is 99.8 Å². The molecular formula is C71H52N2. The predicted molar refractivity (Wildman–Crippen MR) is 310 cm³/mol. The molecule has 0 bridgehead atoms. The third-order valence-electron chi connectivity index (χ3n) is 15.8. The van der Waals surface area contributed by atoms with Gasteiger partial charge in [-0.05, 0) is 156 Å². The number of benzene rings is 11. The number of anilines is 3. The van der Waals surface area contributed by atoms with Crippen LogP contribution in [0.1, 0.15) is 42.7 Å². The van der Waals surface area contributed by atoms with Gasteiger partial charge in [-0.3, -0.25) is 0 Å². The first-order valence-corrected chi connectivity index (χ1v) is 25.7. The van der Waals surface area contributed by atoms with Gasteiger partial charge in [-0.25, -0.2) is 0 Å². The van der Waals surface area contributed by atoms with Crippen LogP contribution in [0.15, 0.2) is 249 Å². The summed E-state index contributed by atoms with van der Waals surface area (Å²) in [6.45, 7) is 4.73. The minimum Gasteiger partial charge on any atom is -0.313 e. The lowest BCUT2D eigenvalue weighted by Crippen LogP contribution is -2.16. The zero-order valence-corrected chi connectivity index (χ0v) is 41.1. The van der Waals surface area contributed by atoms with E-state index in [2.05, 4.69) is 278 Å². The molecule has 1 heterocycles. The van der Waals surface area contributed by atoms with Crippen LogP contribution in [0.5, 0.6) is 0 Å². The van der Waals surface area contributed by atoms with Gasteiger partial charge in [-0.1, -0.05) is 208 Å². The zero-order chi connectivity index (χ0) is 48.6. The van der Waals surface area contributed by atoms with Crippen molar-refractivity contribution in [1.82, 2.24) is 4.57 Å². The number of fused-ring (bicyclic) bond motifs is 8. The van der Waals surface area contributed by atoms with E-state index < -0.39 is 0 Å². The highest BCUT2D eigenvalue weighted by Crippen LogP contribution is 2.54. The Morgan fingerprint density at radius 2 is 1.00 bits per heavy atom. The summed E-state index contributed by atoms with van der Waals surface area (Å²) in [4.78, 5) is 2.47. The molecule has 14 rings (SSSR count). The standard InChI is InChI=1S/C71H52N2/c1-71(2)64-28-10-8-25-62(64)70-65(71)29-15-31-68(70)72(57-41-36-50(37-42-57)60-27-14-21-51-20-13-26-59(69(51)60)49-17-4-3-5-18-49)56-39-34-48(35-40-56)53-22-12-23-58(45-53)73-66-30-11-9-24-61(66)63-46-55(38-43-67(63)73)54-33-32-47-16-6-7-19-52(47)44-54/h3-10,12-29,31-46H,11,30H2,1-2H3. The van der Waals surface area contributed by atoms with Gasteiger partial charge in [0.2, 0.25) is 0 Å². The van der Waals surface area contributed by atoms with Crippen molar-refractivity contribution in [3.8, 4) is 61.3 Å². The molecule has 2 aliphatic carbocycles. The maximum Gasteiger partial charge on any atom is 0.0543 e. The second-order valence-corrected chi connectivity index (χ2v) is 20.4. The van der Waals surface area contributed by atoms with E-state index in [4.69, 9.17) is 0 Å². The molecule has 2 heteroatoms. The first-order valence-electron chi connectivity index (χ1n) is 25.7. The maximum atomic E-state index is 2.51. The number of nitrogens with zero attached hydrogens (tertiary/aromatic N) is 2. The fraction of sp³-hybridized carbons (Fsp3) is 0.0704. The lowest BCUT2D eigenvalue weighted by molar-refractivity contribution is 0.660. The summed E-state index contributed by atoms with van der Waals surface area (Å²) >= 11 is 0. The van der Waals surface area contributed by atoms with E-state index in [1.54, 1.807) is 0 Å². The van der Waals surface area contributed by atoms with Crippen LogP contribution >= 0.6 is 0 Å². The quantitative estimate of drug-likeness (QED) is 0.147. The van der Waals surface area contributed by atoms with Crippen LogP contribution in [0.3, 0.4) is 0 Å². The maximum absolute atomic E-state index is 2.51. The molecule has 0 amide bonds. The molecule has 11 aromatic carbocycles. The minimum absolute atomic E-state index is 0.128. The molecule has 2 nitrogen and oxygen atoms in total. The number of aromatic nitrogens is 1. The minimum atomic E-state index is -0.128. The summed E-state index contributed by atoms with van der Waals surface area (Å²) in [5.41, 5.74) is 23.5. The molecule has 0 saturated carbocycles. The van der Waals surface area contributed by atoms with Crippen LogP contribution in [0.2, 0.25) is 0 Å². The number of hydrogen-bond acceptors (Lipinski definition) is 1. The Labute approximate surface area is 427 Å². The van der Waals surface area contributed by atoms with Crippen LogP contribution in [0.4, 0.5) is 17.1 Å². The largest absolute Gasteiger partial charge is 0.313 e. The predicted octanol–water partition coefficient (Wildman–Crippen LogP) is 19.3. The molecule has 12 aromatic rings. The van der Waals surface area contributed by atoms with Crippen molar-refractivity contribution < 1.29 is 0 Å². The van der Waals surface area contributed by atoms with Crippen molar-refractivity contribution in [3.05, 3.63) is 271 Å². The smallest absolute Gasteiger partial charge is 0.0543 e. The molecule has 0 fully saturated rings. The summed E-state index contributed by atoms with van der Waals surface area (Å²) in [6, 6.07) is 90.0. The van der Waals surface area contributed by atoms with Crippen molar-refractivity contribution >= 4 is 55.6 Å². The molecule has 73 heavy (non-hydrogen) atoms. The third kappa shape index (κ3) is 7.08. The van der Waals surface area contributed by atoms with Crippen molar-refractivity contribution in [2.24, 2.45) is 0 Å². The summed E-state index contributed by atoms with van der Waals surface area (Å²) in [5, 5.41) is 6.34. The normalized spacial score (nSPS) is 13.3. The SMILES string of the molecule is CC1(C)c2ccccc2-c2c(N(c3ccc(-c4cccc(-n5c6c(c7cc(-c8ccc9ccccc9c8)ccc75)C=CCC6)c4)cc3)c3ccc(-c4cccc5cccc(-c6ccccc6)c45)cc3)cccc21. The Hall–Kier alpha value is -8.98. The van der Waals surface area contributed by atoms with E-state index in [9.17, 15) is 0 Å². The molecule has 0 atom stereocenters. The fourth-order valence-electron chi connectivity index (χ4n) is 12.3. The van der Waals surface area contributed by atoms with E-state index >= 15 is 0 Å². The van der Waals surface area contributed by atoms with Gasteiger partial charge < -0.3 is 9.47 Å². The van der Waals surface area contributed by atoms with Gasteiger partial charge in [0.05, 0.1) is 11.2 Å². The molecule has 0 radical (unpaired) electrons. The van der Waals surface area contributed by atoms with Crippen molar-refractivity contribution in [3.63, 3.8) is 0 Å². The average Bonchev–Trinajstić information content (AvgIpc) is 3.91. The lowest BCUT2D eigenvalue weighted by Gasteiger charge is -2.29. The van der Waals surface area contributed by atoms with Gasteiger partial charge in [0.25, 0.3) is 0 Å². The highest BCUT2D eigenvalue weighted by molar-refractivity contribution is 6.07. The number of allylic oxidation sites excluding steroid dienone is 1. The van der Waals surface area contributed by atoms with Gasteiger partial charge in [0, 0.05) is 44.7 Å². The summed E-state index contributed by atoms with van der Waals surface area (Å²) in [5.74, 6) is 0. The monoisotopic (exact) mass is 932 g/mol. The second-order valence-electron chi connectivity index (χ2n) is 20.4. The summed E-state index contributed by atoms with van der Waals surface area (Å²) in [7, 11) is 0. The van der Waals surface area contributed by atoms with Crippen molar-refractivity contribution in [2.45, 2.75) is 32.1 Å².